The zero-order valence-electron chi connectivity index (χ0n) is 16.9. The van der Waals surface area contributed by atoms with E-state index in [1.807, 2.05) is 0 Å². The summed E-state index contributed by atoms with van der Waals surface area (Å²) in [5.74, 6) is -0.0525. The van der Waals surface area contributed by atoms with Gasteiger partial charge in [0.15, 0.2) is 0 Å². The molecule has 182 valence electrons. The van der Waals surface area contributed by atoms with Gasteiger partial charge in [0.25, 0.3) is 0 Å². The van der Waals surface area contributed by atoms with Crippen LogP contribution in [-0.4, -0.2) is 28.0 Å². The van der Waals surface area contributed by atoms with Gasteiger partial charge >= 0.3 is 21.0 Å². The summed E-state index contributed by atoms with van der Waals surface area (Å²) in [5.41, 5.74) is 12.0. The Kier molecular flexibility index (Phi) is 10.4. The van der Waals surface area contributed by atoms with Gasteiger partial charge in [0.05, 0.1) is 5.69 Å². The van der Waals surface area contributed by atoms with Crippen LogP contribution in [0.3, 0.4) is 0 Å². The van der Waals surface area contributed by atoms with Crippen molar-refractivity contribution in [2.24, 2.45) is 4.99 Å². The summed E-state index contributed by atoms with van der Waals surface area (Å²) in [6.45, 7) is 0. The third-order valence-electron chi connectivity index (χ3n) is 3.18. The number of hydrogen-bond donors (Lipinski definition) is 3. The number of benzene rings is 3. The van der Waals surface area contributed by atoms with Crippen molar-refractivity contribution in [3.05, 3.63) is 72.8 Å². The van der Waals surface area contributed by atoms with Crippen molar-refractivity contribution < 1.29 is 42.9 Å². The highest BCUT2D eigenvalue weighted by Crippen LogP contribution is 2.19. The van der Waals surface area contributed by atoms with Crippen LogP contribution in [0.15, 0.2) is 77.8 Å². The Labute approximate surface area is 193 Å². The SMILES string of the molecule is Nc1ccc(O)cc1.Nc1ccc(OS(=O)(=O)F)cc1.O=C=Nc1ccc(OS(=O)(=O)F)cc1. The van der Waals surface area contributed by atoms with E-state index in [4.69, 9.17) is 16.6 Å². The van der Waals surface area contributed by atoms with Crippen LogP contribution in [0.4, 0.5) is 24.8 Å². The third kappa shape index (κ3) is 13.3. The molecular weight excluding hydrogens is 500 g/mol. The quantitative estimate of drug-likeness (QED) is 0.149. The summed E-state index contributed by atoms with van der Waals surface area (Å²) in [5, 5.41) is 8.70. The molecule has 0 aliphatic rings. The number of phenols is 1. The second-order valence-corrected chi connectivity index (χ2v) is 7.72. The minimum Gasteiger partial charge on any atom is -0.508 e. The van der Waals surface area contributed by atoms with Gasteiger partial charge in [-0.3, -0.25) is 0 Å². The molecule has 0 aromatic heterocycles. The number of anilines is 2. The molecule has 0 fully saturated rings. The van der Waals surface area contributed by atoms with Crippen molar-refractivity contribution in [2.45, 2.75) is 0 Å². The molecule has 0 aliphatic heterocycles. The molecule has 5 N–H and O–H groups in total. The number of aliphatic imine (C=N–C) groups is 1. The molecule has 0 bridgehead atoms. The van der Waals surface area contributed by atoms with E-state index in [0.717, 1.165) is 12.1 Å². The van der Waals surface area contributed by atoms with Crippen molar-refractivity contribution in [1.29, 1.82) is 0 Å². The first-order chi connectivity index (χ1) is 15.8. The number of rotatable bonds is 5. The van der Waals surface area contributed by atoms with Crippen LogP contribution >= 0.6 is 0 Å². The average Bonchev–Trinajstić information content (AvgIpc) is 2.73. The molecule has 0 atom stereocenters. The second kappa shape index (κ2) is 12.7. The molecule has 0 saturated heterocycles. The number of aromatic hydroxyl groups is 1. The van der Waals surface area contributed by atoms with Crippen LogP contribution in [0.2, 0.25) is 0 Å². The Hall–Kier alpha value is -4.20. The van der Waals surface area contributed by atoms with Gasteiger partial charge in [-0.25, -0.2) is 4.79 Å². The summed E-state index contributed by atoms with van der Waals surface area (Å²) in [7, 11) is -9.94. The van der Waals surface area contributed by atoms with Crippen LogP contribution in [0.5, 0.6) is 17.2 Å². The van der Waals surface area contributed by atoms with Gasteiger partial charge < -0.3 is 24.9 Å². The van der Waals surface area contributed by atoms with Gasteiger partial charge in [-0.05, 0) is 72.8 Å². The van der Waals surface area contributed by atoms with Crippen molar-refractivity contribution in [3.63, 3.8) is 0 Å². The zero-order valence-corrected chi connectivity index (χ0v) is 18.5. The van der Waals surface area contributed by atoms with Crippen LogP contribution in [0, 0.1) is 0 Å². The van der Waals surface area contributed by atoms with E-state index in [1.165, 1.54) is 42.5 Å². The summed E-state index contributed by atoms with van der Waals surface area (Å²) in [6, 6.07) is 16.6. The lowest BCUT2D eigenvalue weighted by molar-refractivity contribution is 0.438. The van der Waals surface area contributed by atoms with Crippen LogP contribution in [-0.2, 0) is 25.8 Å². The summed E-state index contributed by atoms with van der Waals surface area (Å²) >= 11 is 0. The number of hydrogen-bond acceptors (Lipinski definition) is 11. The Balaban J connectivity index is 0.000000264. The molecule has 3 rings (SSSR count). The minimum absolute atomic E-state index is 0.105. The fourth-order valence-electron chi connectivity index (χ4n) is 1.86. The summed E-state index contributed by atoms with van der Waals surface area (Å²) < 4.78 is 71.7. The van der Waals surface area contributed by atoms with E-state index in [2.05, 4.69) is 13.4 Å². The summed E-state index contributed by atoms with van der Waals surface area (Å²) in [4.78, 5) is 13.0. The van der Waals surface area contributed by atoms with Crippen LogP contribution < -0.4 is 19.8 Å². The maximum atomic E-state index is 12.0. The van der Waals surface area contributed by atoms with E-state index in [0.29, 0.717) is 11.4 Å². The second-order valence-electron chi connectivity index (χ2n) is 5.81. The first-order valence-corrected chi connectivity index (χ1v) is 11.3. The molecule has 0 amide bonds. The van der Waals surface area contributed by atoms with Crippen molar-refractivity contribution >= 4 is 44.2 Å². The number of nitrogen functional groups attached to an aromatic ring is 2. The predicted molar refractivity (Wildman–Crippen MR) is 119 cm³/mol. The maximum Gasteiger partial charge on any atom is 0.488 e. The maximum absolute atomic E-state index is 12.0. The van der Waals surface area contributed by atoms with Crippen molar-refractivity contribution in [3.8, 4) is 17.2 Å². The van der Waals surface area contributed by atoms with Gasteiger partial charge in [0, 0.05) is 11.4 Å². The van der Waals surface area contributed by atoms with E-state index in [9.17, 15) is 29.4 Å². The van der Waals surface area contributed by atoms with Crippen LogP contribution in [0.25, 0.3) is 0 Å². The number of carbonyl (C=O) groups excluding carboxylic acids is 1. The number of nitrogens with zero attached hydrogens (tertiary/aromatic N) is 1. The lowest BCUT2D eigenvalue weighted by atomic mass is 10.3. The van der Waals surface area contributed by atoms with Gasteiger partial charge in [-0.2, -0.15) is 21.8 Å². The zero-order chi connectivity index (χ0) is 25.8. The fourth-order valence-corrected chi connectivity index (χ4v) is 2.54. The summed E-state index contributed by atoms with van der Waals surface area (Å²) in [6.07, 6.45) is 1.29. The highest BCUT2D eigenvalue weighted by atomic mass is 32.3. The predicted octanol–water partition coefficient (Wildman–Crippen LogP) is 3.08. The molecular formula is C19H17F2N3O8S2. The highest BCUT2D eigenvalue weighted by Gasteiger charge is 2.09. The first-order valence-electron chi connectivity index (χ1n) is 8.63. The van der Waals surface area contributed by atoms with Gasteiger partial charge in [-0.1, -0.05) is 7.77 Å². The van der Waals surface area contributed by atoms with Gasteiger partial charge in [-0.15, -0.1) is 0 Å². The Morgan fingerprint density at radius 3 is 1.38 bits per heavy atom. The Morgan fingerprint density at radius 1 is 0.706 bits per heavy atom. The average molecular weight is 517 g/mol. The van der Waals surface area contributed by atoms with Crippen molar-refractivity contribution in [2.75, 3.05) is 11.5 Å². The molecule has 0 aliphatic carbocycles. The number of phenolic OH excluding ortho intramolecular Hbond substituents is 1. The Morgan fingerprint density at radius 2 is 1.06 bits per heavy atom. The van der Waals surface area contributed by atoms with E-state index >= 15 is 0 Å². The monoisotopic (exact) mass is 517 g/mol. The smallest absolute Gasteiger partial charge is 0.488 e. The molecule has 11 nitrogen and oxygen atoms in total. The standard InChI is InChI=1S/C7H4FNO4S.C6H6FNO3S.C6H7NO/c8-14(11,12)13-7-3-1-6(2-4-7)9-5-10;7-12(9,10)11-6-3-1-5(8)2-4-6;7-5-1-3-6(8)4-2-5/h1-4H;1-4H,8H2;1-4,8H,7H2. The molecule has 15 heteroatoms. The minimum atomic E-state index is -5.01. The molecule has 3 aromatic rings. The highest BCUT2D eigenvalue weighted by molar-refractivity contribution is 7.82. The molecule has 3 aromatic carbocycles. The molecule has 0 spiro atoms. The van der Waals surface area contributed by atoms with Crippen molar-refractivity contribution in [1.82, 2.24) is 0 Å². The topological polar surface area (TPSA) is 188 Å². The van der Waals surface area contributed by atoms with E-state index in [1.54, 1.807) is 24.3 Å². The lowest BCUT2D eigenvalue weighted by Crippen LogP contribution is -2.00. The number of isocyanates is 1. The number of nitrogens with two attached hydrogens (primary N) is 2. The van der Waals surface area contributed by atoms with E-state index < -0.39 is 21.0 Å². The molecule has 0 heterocycles. The fraction of sp³-hybridized carbons (Fsp3) is 0. The number of halogens is 2. The van der Waals surface area contributed by atoms with Gasteiger partial charge in [0.2, 0.25) is 6.08 Å². The largest absolute Gasteiger partial charge is 0.508 e. The Bertz CT molecular complexity index is 1290. The first kappa shape index (κ1) is 27.8. The molecule has 0 unspecified atom stereocenters. The normalized spacial score (nSPS) is 10.3. The lowest BCUT2D eigenvalue weighted by Gasteiger charge is -1.98. The molecule has 0 saturated carbocycles. The molecule has 34 heavy (non-hydrogen) atoms. The molecule has 0 radical (unpaired) electrons. The third-order valence-corrected chi connectivity index (χ3v) is 3.96. The van der Waals surface area contributed by atoms with Crippen LogP contribution in [0.1, 0.15) is 0 Å². The van der Waals surface area contributed by atoms with Gasteiger partial charge in [0.1, 0.15) is 17.2 Å². The van der Waals surface area contributed by atoms with E-state index in [-0.39, 0.29) is 22.9 Å².